The van der Waals surface area contributed by atoms with Crippen LogP contribution in [0.1, 0.15) is 41.7 Å². The van der Waals surface area contributed by atoms with Crippen molar-refractivity contribution < 1.29 is 9.53 Å². The molecule has 0 spiro atoms. The Bertz CT molecular complexity index is 665. The standard InChI is InChI=1S/C17H20N2O2/c1-11(10-21-2)18-17(20)14-9-16(12-7-8-12)19-15-6-4-3-5-13(14)15/h3-6,9,11-12H,7-8,10H2,1-2H3,(H,18,20). The number of hydrogen-bond donors (Lipinski definition) is 1. The van der Waals surface area contributed by atoms with E-state index in [1.54, 1.807) is 7.11 Å². The molecule has 4 heteroatoms. The summed E-state index contributed by atoms with van der Waals surface area (Å²) >= 11 is 0. The lowest BCUT2D eigenvalue weighted by Gasteiger charge is -2.14. The first-order valence-electron chi connectivity index (χ1n) is 7.38. The third kappa shape index (κ3) is 3.05. The molecular formula is C17H20N2O2. The monoisotopic (exact) mass is 284 g/mol. The highest BCUT2D eigenvalue weighted by Crippen LogP contribution is 2.40. The van der Waals surface area contributed by atoms with Crippen LogP contribution in [0.25, 0.3) is 10.9 Å². The molecule has 1 aromatic heterocycles. The highest BCUT2D eigenvalue weighted by molar-refractivity contribution is 6.06. The van der Waals surface area contributed by atoms with Crippen LogP contribution in [-0.2, 0) is 4.74 Å². The zero-order valence-corrected chi connectivity index (χ0v) is 12.4. The second-order valence-electron chi connectivity index (χ2n) is 5.72. The van der Waals surface area contributed by atoms with Crippen LogP contribution in [0.15, 0.2) is 30.3 Å². The molecule has 1 aromatic carbocycles. The van der Waals surface area contributed by atoms with Crippen molar-refractivity contribution in [1.82, 2.24) is 10.3 Å². The fourth-order valence-corrected chi connectivity index (χ4v) is 2.57. The summed E-state index contributed by atoms with van der Waals surface area (Å²) in [5.41, 5.74) is 2.65. The molecule has 0 radical (unpaired) electrons. The molecule has 110 valence electrons. The van der Waals surface area contributed by atoms with Crippen LogP contribution in [-0.4, -0.2) is 30.6 Å². The number of methoxy groups -OCH3 is 1. The van der Waals surface area contributed by atoms with E-state index in [2.05, 4.69) is 5.32 Å². The van der Waals surface area contributed by atoms with Gasteiger partial charge in [0, 0.05) is 30.1 Å². The summed E-state index contributed by atoms with van der Waals surface area (Å²) in [5, 5.41) is 3.89. The van der Waals surface area contributed by atoms with Gasteiger partial charge in [-0.3, -0.25) is 9.78 Å². The van der Waals surface area contributed by atoms with Gasteiger partial charge in [0.1, 0.15) is 0 Å². The smallest absolute Gasteiger partial charge is 0.252 e. The number of aromatic nitrogens is 1. The molecule has 1 aliphatic carbocycles. The molecule has 0 aliphatic heterocycles. The normalized spacial score (nSPS) is 15.9. The minimum absolute atomic E-state index is 0.0150. The maximum Gasteiger partial charge on any atom is 0.252 e. The average molecular weight is 284 g/mol. The van der Waals surface area contributed by atoms with Crippen molar-refractivity contribution in [3.8, 4) is 0 Å². The van der Waals surface area contributed by atoms with E-state index >= 15 is 0 Å². The molecular weight excluding hydrogens is 264 g/mol. The number of fused-ring (bicyclic) bond motifs is 1. The molecule has 4 nitrogen and oxygen atoms in total. The molecule has 1 amide bonds. The number of amides is 1. The van der Waals surface area contributed by atoms with Crippen molar-refractivity contribution in [1.29, 1.82) is 0 Å². The summed E-state index contributed by atoms with van der Waals surface area (Å²) in [7, 11) is 1.63. The molecule has 1 unspecified atom stereocenters. The Morgan fingerprint density at radius 3 is 2.90 bits per heavy atom. The van der Waals surface area contributed by atoms with Crippen LogP contribution in [0.5, 0.6) is 0 Å². The molecule has 21 heavy (non-hydrogen) atoms. The largest absolute Gasteiger partial charge is 0.383 e. The number of ether oxygens (including phenoxy) is 1. The van der Waals surface area contributed by atoms with E-state index in [1.165, 1.54) is 12.8 Å². The maximum atomic E-state index is 12.5. The number of nitrogens with zero attached hydrogens (tertiary/aromatic N) is 1. The van der Waals surface area contributed by atoms with Crippen molar-refractivity contribution in [3.63, 3.8) is 0 Å². The van der Waals surface area contributed by atoms with Crippen LogP contribution >= 0.6 is 0 Å². The van der Waals surface area contributed by atoms with E-state index in [-0.39, 0.29) is 11.9 Å². The SMILES string of the molecule is COCC(C)NC(=O)c1cc(C2CC2)nc2ccccc12. The number of nitrogens with one attached hydrogen (secondary N) is 1. The lowest BCUT2D eigenvalue weighted by molar-refractivity contribution is 0.0907. The summed E-state index contributed by atoms with van der Waals surface area (Å²) in [6.45, 7) is 2.44. The molecule has 3 rings (SSSR count). The Labute approximate surface area is 124 Å². The molecule has 2 aromatic rings. The first kappa shape index (κ1) is 14.0. The Balaban J connectivity index is 1.97. The summed E-state index contributed by atoms with van der Waals surface area (Å²) in [6, 6.07) is 9.76. The van der Waals surface area contributed by atoms with Gasteiger partial charge in [-0.2, -0.15) is 0 Å². The summed E-state index contributed by atoms with van der Waals surface area (Å²) in [5.74, 6) is 0.470. The van der Waals surface area contributed by atoms with Crippen LogP contribution in [0.3, 0.4) is 0 Å². The number of rotatable bonds is 5. The molecule has 1 atom stereocenters. The third-order valence-corrected chi connectivity index (χ3v) is 3.77. The first-order valence-corrected chi connectivity index (χ1v) is 7.38. The van der Waals surface area contributed by atoms with Crippen molar-refractivity contribution in [2.45, 2.75) is 31.7 Å². The van der Waals surface area contributed by atoms with Gasteiger partial charge in [0.25, 0.3) is 5.91 Å². The number of benzene rings is 1. The van der Waals surface area contributed by atoms with Crippen molar-refractivity contribution in [2.24, 2.45) is 0 Å². The number of carbonyl (C=O) groups is 1. The Hall–Kier alpha value is -1.94. The molecule has 0 saturated heterocycles. The van der Waals surface area contributed by atoms with Crippen molar-refractivity contribution >= 4 is 16.8 Å². The maximum absolute atomic E-state index is 12.5. The van der Waals surface area contributed by atoms with E-state index < -0.39 is 0 Å². The quantitative estimate of drug-likeness (QED) is 0.918. The van der Waals surface area contributed by atoms with E-state index in [0.717, 1.165) is 16.6 Å². The molecule has 1 saturated carbocycles. The lowest BCUT2D eigenvalue weighted by atomic mass is 10.0. The second-order valence-corrected chi connectivity index (χ2v) is 5.72. The molecule has 1 aliphatic rings. The second kappa shape index (κ2) is 5.82. The minimum Gasteiger partial charge on any atom is -0.383 e. The summed E-state index contributed by atoms with van der Waals surface area (Å²) in [4.78, 5) is 17.2. The molecule has 1 fully saturated rings. The van der Waals surface area contributed by atoms with Gasteiger partial charge in [0.15, 0.2) is 0 Å². The summed E-state index contributed by atoms with van der Waals surface area (Å²) in [6.07, 6.45) is 2.35. The Morgan fingerprint density at radius 1 is 1.43 bits per heavy atom. The van der Waals surface area contributed by atoms with Gasteiger partial charge in [0.05, 0.1) is 17.7 Å². The topological polar surface area (TPSA) is 51.2 Å². The van der Waals surface area contributed by atoms with Crippen LogP contribution in [0.2, 0.25) is 0 Å². The lowest BCUT2D eigenvalue weighted by Crippen LogP contribution is -2.35. The van der Waals surface area contributed by atoms with E-state index in [4.69, 9.17) is 9.72 Å². The van der Waals surface area contributed by atoms with Gasteiger partial charge < -0.3 is 10.1 Å². The highest BCUT2D eigenvalue weighted by atomic mass is 16.5. The Morgan fingerprint density at radius 2 is 2.19 bits per heavy atom. The van der Waals surface area contributed by atoms with Gasteiger partial charge in [-0.15, -0.1) is 0 Å². The zero-order valence-electron chi connectivity index (χ0n) is 12.4. The predicted molar refractivity (Wildman–Crippen MR) is 82.5 cm³/mol. The van der Waals surface area contributed by atoms with Crippen molar-refractivity contribution in [3.05, 3.63) is 41.6 Å². The van der Waals surface area contributed by atoms with Gasteiger partial charge in [-0.25, -0.2) is 0 Å². The first-order chi connectivity index (χ1) is 10.2. The average Bonchev–Trinajstić information content (AvgIpc) is 3.31. The third-order valence-electron chi connectivity index (χ3n) is 3.77. The van der Waals surface area contributed by atoms with Crippen LogP contribution in [0, 0.1) is 0 Å². The summed E-state index contributed by atoms with van der Waals surface area (Å²) < 4.78 is 5.07. The molecule has 1 heterocycles. The molecule has 1 N–H and O–H groups in total. The minimum atomic E-state index is -0.0555. The Kier molecular flexibility index (Phi) is 3.88. The number of carbonyl (C=O) groups excluding carboxylic acids is 1. The fraction of sp³-hybridized carbons (Fsp3) is 0.412. The van der Waals surface area contributed by atoms with Gasteiger partial charge >= 0.3 is 0 Å². The zero-order chi connectivity index (χ0) is 14.8. The van der Waals surface area contributed by atoms with Crippen LogP contribution < -0.4 is 5.32 Å². The van der Waals surface area contributed by atoms with Gasteiger partial charge in [-0.1, -0.05) is 18.2 Å². The van der Waals surface area contributed by atoms with E-state index in [0.29, 0.717) is 18.1 Å². The van der Waals surface area contributed by atoms with Crippen molar-refractivity contribution in [2.75, 3.05) is 13.7 Å². The molecule has 0 bridgehead atoms. The predicted octanol–water partition coefficient (Wildman–Crippen LogP) is 2.88. The number of hydrogen-bond acceptors (Lipinski definition) is 3. The number of pyridine rings is 1. The van der Waals surface area contributed by atoms with Crippen LogP contribution in [0.4, 0.5) is 0 Å². The van der Waals surface area contributed by atoms with E-state index in [9.17, 15) is 4.79 Å². The van der Waals surface area contributed by atoms with Gasteiger partial charge in [-0.05, 0) is 31.9 Å². The highest BCUT2D eigenvalue weighted by Gasteiger charge is 2.27. The van der Waals surface area contributed by atoms with E-state index in [1.807, 2.05) is 37.3 Å². The number of para-hydroxylation sites is 1. The fourth-order valence-electron chi connectivity index (χ4n) is 2.57. The van der Waals surface area contributed by atoms with Gasteiger partial charge in [0.2, 0.25) is 0 Å².